The van der Waals surface area contributed by atoms with E-state index >= 15 is 0 Å². The molecule has 1 saturated heterocycles. The van der Waals surface area contributed by atoms with Crippen molar-refractivity contribution < 1.29 is 14.1 Å². The van der Waals surface area contributed by atoms with Gasteiger partial charge in [0.2, 0.25) is 0 Å². The fourth-order valence-corrected chi connectivity index (χ4v) is 3.85. The Morgan fingerprint density at radius 1 is 1.33 bits per heavy atom. The maximum atomic E-state index is 12.6. The number of hydrogen-bond donors (Lipinski definition) is 2. The molecule has 5 nitrogen and oxygen atoms in total. The molecule has 128 valence electrons. The summed E-state index contributed by atoms with van der Waals surface area (Å²) in [6.45, 7) is 2.83. The van der Waals surface area contributed by atoms with Crippen molar-refractivity contribution in [2.45, 2.75) is 30.3 Å². The molecule has 0 bridgehead atoms. The van der Waals surface area contributed by atoms with Gasteiger partial charge >= 0.3 is 0 Å². The van der Waals surface area contributed by atoms with E-state index in [0.717, 1.165) is 23.9 Å². The van der Waals surface area contributed by atoms with Crippen molar-refractivity contribution in [3.63, 3.8) is 0 Å². The maximum Gasteiger partial charge on any atom is 0.254 e. The second-order valence-electron chi connectivity index (χ2n) is 6.06. The highest BCUT2D eigenvalue weighted by atomic mass is 32.2. The molecular formula is C18H24N3O2S+. The Labute approximate surface area is 146 Å². The van der Waals surface area contributed by atoms with Crippen LogP contribution < -0.4 is 10.2 Å². The van der Waals surface area contributed by atoms with Crippen LogP contribution in [0.5, 0.6) is 0 Å². The number of rotatable bonds is 6. The number of furan rings is 1. The zero-order valence-corrected chi connectivity index (χ0v) is 14.8. The summed E-state index contributed by atoms with van der Waals surface area (Å²) in [5.74, 6) is 0.879. The molecule has 1 aliphatic heterocycles. The molecule has 0 radical (unpaired) electrons. The Kier molecular flexibility index (Phi) is 5.93. The monoisotopic (exact) mass is 346 g/mol. The van der Waals surface area contributed by atoms with Gasteiger partial charge in [0.25, 0.3) is 5.91 Å². The fourth-order valence-electron chi connectivity index (χ4n) is 3.31. The first-order chi connectivity index (χ1) is 11.8. The highest BCUT2D eigenvalue weighted by molar-refractivity contribution is 7.98. The first-order valence-corrected chi connectivity index (χ1v) is 9.67. The average Bonchev–Trinajstić information content (AvgIpc) is 3.17. The predicted octanol–water partition coefficient (Wildman–Crippen LogP) is 1.94. The molecule has 24 heavy (non-hydrogen) atoms. The van der Waals surface area contributed by atoms with E-state index in [2.05, 4.69) is 10.3 Å². The van der Waals surface area contributed by atoms with Gasteiger partial charge in [0.1, 0.15) is 5.03 Å². The van der Waals surface area contributed by atoms with E-state index in [1.54, 1.807) is 18.5 Å². The number of nitrogens with zero attached hydrogens (tertiary/aromatic N) is 1. The second kappa shape index (κ2) is 8.35. The predicted molar refractivity (Wildman–Crippen MR) is 94.3 cm³/mol. The van der Waals surface area contributed by atoms with Crippen LogP contribution in [0.4, 0.5) is 0 Å². The molecule has 1 fully saturated rings. The summed E-state index contributed by atoms with van der Waals surface area (Å²) >= 11 is 1.49. The molecule has 2 N–H and O–H groups in total. The molecule has 1 aliphatic rings. The maximum absolute atomic E-state index is 12.6. The molecule has 0 spiro atoms. The SMILES string of the molecule is CSc1ncccc1C(=O)NC[C@@H](c1ccco1)[NH+]1CCCCC1. The Morgan fingerprint density at radius 3 is 2.88 bits per heavy atom. The summed E-state index contributed by atoms with van der Waals surface area (Å²) in [6.07, 6.45) is 9.13. The van der Waals surface area contributed by atoms with Crippen LogP contribution in [-0.4, -0.2) is 36.8 Å². The summed E-state index contributed by atoms with van der Waals surface area (Å²) in [5, 5.41) is 3.85. The number of carbonyl (C=O) groups excluding carboxylic acids is 1. The minimum Gasteiger partial charge on any atom is -0.463 e. The lowest BCUT2D eigenvalue weighted by Crippen LogP contribution is -3.13. The summed E-state index contributed by atoms with van der Waals surface area (Å²) in [4.78, 5) is 18.3. The van der Waals surface area contributed by atoms with E-state index < -0.39 is 0 Å². The van der Waals surface area contributed by atoms with Crippen molar-refractivity contribution in [2.24, 2.45) is 0 Å². The van der Waals surface area contributed by atoms with Gasteiger partial charge in [-0.1, -0.05) is 0 Å². The molecule has 0 aromatic carbocycles. The molecule has 2 aromatic rings. The molecule has 3 rings (SSSR count). The Hall–Kier alpha value is -1.79. The topological polar surface area (TPSA) is 59.6 Å². The molecular weight excluding hydrogens is 322 g/mol. The zero-order valence-electron chi connectivity index (χ0n) is 14.0. The number of thioether (sulfide) groups is 1. The van der Waals surface area contributed by atoms with Crippen LogP contribution in [0.15, 0.2) is 46.2 Å². The van der Waals surface area contributed by atoms with Gasteiger partial charge in [-0.15, -0.1) is 11.8 Å². The first kappa shape index (κ1) is 17.0. The molecule has 2 aromatic heterocycles. The van der Waals surface area contributed by atoms with Crippen LogP contribution in [0.3, 0.4) is 0 Å². The summed E-state index contributed by atoms with van der Waals surface area (Å²) in [5.41, 5.74) is 0.636. The van der Waals surface area contributed by atoms with Crippen LogP contribution in [0, 0.1) is 0 Å². The van der Waals surface area contributed by atoms with E-state index in [-0.39, 0.29) is 11.9 Å². The second-order valence-corrected chi connectivity index (χ2v) is 6.85. The minimum atomic E-state index is -0.0691. The van der Waals surface area contributed by atoms with Crippen molar-refractivity contribution in [1.82, 2.24) is 10.3 Å². The van der Waals surface area contributed by atoms with Gasteiger partial charge in [-0.2, -0.15) is 0 Å². The summed E-state index contributed by atoms with van der Waals surface area (Å²) < 4.78 is 5.64. The molecule has 1 amide bonds. The molecule has 0 saturated carbocycles. The van der Waals surface area contributed by atoms with Gasteiger partial charge in [-0.25, -0.2) is 4.98 Å². The minimum absolute atomic E-state index is 0.0691. The Morgan fingerprint density at radius 2 is 2.17 bits per heavy atom. The number of likely N-dealkylation sites (tertiary alicyclic amines) is 1. The first-order valence-electron chi connectivity index (χ1n) is 8.45. The highest BCUT2D eigenvalue weighted by Crippen LogP contribution is 2.17. The van der Waals surface area contributed by atoms with Crippen molar-refractivity contribution in [3.8, 4) is 0 Å². The van der Waals surface area contributed by atoms with E-state index in [1.165, 1.54) is 35.9 Å². The van der Waals surface area contributed by atoms with Gasteiger partial charge in [0.15, 0.2) is 11.8 Å². The van der Waals surface area contributed by atoms with Gasteiger partial charge in [0.05, 0.1) is 31.5 Å². The Balaban J connectivity index is 1.70. The van der Waals surface area contributed by atoms with Gasteiger partial charge < -0.3 is 14.6 Å². The van der Waals surface area contributed by atoms with Crippen LogP contribution in [-0.2, 0) is 0 Å². The quantitative estimate of drug-likeness (QED) is 0.785. The van der Waals surface area contributed by atoms with Crippen LogP contribution in [0.1, 0.15) is 41.4 Å². The number of quaternary nitrogens is 1. The van der Waals surface area contributed by atoms with Crippen molar-refractivity contribution >= 4 is 17.7 Å². The van der Waals surface area contributed by atoms with Gasteiger partial charge in [-0.05, 0) is 49.8 Å². The van der Waals surface area contributed by atoms with Gasteiger partial charge in [0, 0.05) is 6.20 Å². The largest absolute Gasteiger partial charge is 0.463 e. The smallest absolute Gasteiger partial charge is 0.254 e. The summed E-state index contributed by atoms with van der Waals surface area (Å²) in [6, 6.07) is 7.72. The van der Waals surface area contributed by atoms with Gasteiger partial charge in [-0.3, -0.25) is 4.79 Å². The van der Waals surface area contributed by atoms with Crippen LogP contribution in [0.25, 0.3) is 0 Å². The number of aromatic nitrogens is 1. The van der Waals surface area contributed by atoms with E-state index in [4.69, 9.17) is 4.42 Å². The lowest BCUT2D eigenvalue weighted by molar-refractivity contribution is -0.936. The van der Waals surface area contributed by atoms with Crippen LogP contribution >= 0.6 is 11.8 Å². The third kappa shape index (κ3) is 3.99. The molecule has 3 heterocycles. The standard InChI is InChI=1S/C18H23N3O2S/c1-24-18-14(7-5-9-19-18)17(22)20-13-15(16-8-6-12-23-16)21-10-3-2-4-11-21/h5-9,12,15H,2-4,10-11,13H2,1H3,(H,20,22)/p+1/t15-/m0/s1. The number of pyridine rings is 1. The normalized spacial score (nSPS) is 16.7. The summed E-state index contributed by atoms with van der Waals surface area (Å²) in [7, 11) is 0. The van der Waals surface area contributed by atoms with Crippen molar-refractivity contribution in [2.75, 3.05) is 25.9 Å². The van der Waals surface area contributed by atoms with E-state index in [1.807, 2.05) is 24.5 Å². The lowest BCUT2D eigenvalue weighted by Gasteiger charge is -2.30. The number of piperidine rings is 1. The number of nitrogens with one attached hydrogen (secondary N) is 2. The van der Waals surface area contributed by atoms with E-state index in [9.17, 15) is 4.79 Å². The fraction of sp³-hybridized carbons (Fsp3) is 0.444. The highest BCUT2D eigenvalue weighted by Gasteiger charge is 2.28. The third-order valence-electron chi connectivity index (χ3n) is 4.55. The third-order valence-corrected chi connectivity index (χ3v) is 5.26. The Bertz CT molecular complexity index is 654. The molecule has 0 unspecified atom stereocenters. The molecule has 1 atom stereocenters. The molecule has 0 aliphatic carbocycles. The number of hydrogen-bond acceptors (Lipinski definition) is 4. The van der Waals surface area contributed by atoms with Crippen LogP contribution in [0.2, 0.25) is 0 Å². The number of amides is 1. The zero-order chi connectivity index (χ0) is 16.8. The van der Waals surface area contributed by atoms with Crippen molar-refractivity contribution in [3.05, 3.63) is 48.0 Å². The average molecular weight is 346 g/mol. The lowest BCUT2D eigenvalue weighted by atomic mass is 10.1. The number of carbonyl (C=O) groups is 1. The molecule has 6 heteroatoms. The van der Waals surface area contributed by atoms with Crippen molar-refractivity contribution in [1.29, 1.82) is 0 Å². The van der Waals surface area contributed by atoms with E-state index in [0.29, 0.717) is 12.1 Å².